The Bertz CT molecular complexity index is 636. The van der Waals surface area contributed by atoms with Crippen molar-refractivity contribution in [1.29, 1.82) is 0 Å². The lowest BCUT2D eigenvalue weighted by Crippen LogP contribution is -2.26. The average Bonchev–Trinajstić information content (AvgIpc) is 3.16. The van der Waals surface area contributed by atoms with Gasteiger partial charge in [-0.3, -0.25) is 9.36 Å². The third-order valence-corrected chi connectivity index (χ3v) is 4.88. The molecule has 2 aromatic rings. The molecule has 0 aliphatic heterocycles. The Hall–Kier alpha value is -1.62. The highest BCUT2D eigenvalue weighted by atomic mass is 15.3. The number of hydrogen-bond acceptors (Lipinski definition) is 3. The highest BCUT2D eigenvalue weighted by molar-refractivity contribution is 5.25. The molecule has 23 heavy (non-hydrogen) atoms. The van der Waals surface area contributed by atoms with Crippen LogP contribution >= 0.6 is 0 Å². The SMILES string of the molecule is CCn1cc(CNCC(c2ccnn2C)C(C)C)c(C2CC2)n1. The van der Waals surface area contributed by atoms with Crippen molar-refractivity contribution in [2.75, 3.05) is 6.54 Å². The lowest BCUT2D eigenvalue weighted by molar-refractivity contribution is 0.436. The minimum atomic E-state index is 0.480. The second-order valence-corrected chi connectivity index (χ2v) is 7.03. The molecule has 0 radical (unpaired) electrons. The van der Waals surface area contributed by atoms with Crippen molar-refractivity contribution in [3.63, 3.8) is 0 Å². The van der Waals surface area contributed by atoms with Gasteiger partial charge in [-0.15, -0.1) is 0 Å². The highest BCUT2D eigenvalue weighted by Crippen LogP contribution is 2.40. The van der Waals surface area contributed by atoms with Gasteiger partial charge in [0.15, 0.2) is 0 Å². The van der Waals surface area contributed by atoms with E-state index in [9.17, 15) is 0 Å². The van der Waals surface area contributed by atoms with Crippen molar-refractivity contribution in [1.82, 2.24) is 24.9 Å². The summed E-state index contributed by atoms with van der Waals surface area (Å²) in [5.41, 5.74) is 4.00. The fourth-order valence-corrected chi connectivity index (χ4v) is 3.27. The van der Waals surface area contributed by atoms with Gasteiger partial charge in [-0.05, 0) is 31.7 Å². The molecular weight excluding hydrogens is 286 g/mol. The van der Waals surface area contributed by atoms with E-state index >= 15 is 0 Å². The highest BCUT2D eigenvalue weighted by Gasteiger charge is 2.29. The van der Waals surface area contributed by atoms with Crippen LogP contribution < -0.4 is 5.32 Å². The van der Waals surface area contributed by atoms with Gasteiger partial charge in [0.1, 0.15) is 0 Å². The summed E-state index contributed by atoms with van der Waals surface area (Å²) in [7, 11) is 2.03. The van der Waals surface area contributed by atoms with Crippen molar-refractivity contribution in [3.05, 3.63) is 35.4 Å². The normalized spacial score (nSPS) is 16.2. The van der Waals surface area contributed by atoms with Crippen LogP contribution in [0.5, 0.6) is 0 Å². The van der Waals surface area contributed by atoms with Crippen molar-refractivity contribution in [2.45, 2.75) is 58.5 Å². The maximum absolute atomic E-state index is 4.75. The monoisotopic (exact) mass is 315 g/mol. The molecule has 0 aromatic carbocycles. The Labute approximate surface area is 139 Å². The van der Waals surface area contributed by atoms with E-state index < -0.39 is 0 Å². The third-order valence-electron chi connectivity index (χ3n) is 4.88. The van der Waals surface area contributed by atoms with E-state index in [4.69, 9.17) is 5.10 Å². The molecule has 1 aliphatic rings. The van der Waals surface area contributed by atoms with Crippen LogP contribution in [0.25, 0.3) is 0 Å². The minimum absolute atomic E-state index is 0.480. The van der Waals surface area contributed by atoms with Crippen molar-refractivity contribution in [2.24, 2.45) is 13.0 Å². The first-order chi connectivity index (χ1) is 11.1. The predicted molar refractivity (Wildman–Crippen MR) is 92.4 cm³/mol. The molecule has 126 valence electrons. The average molecular weight is 315 g/mol. The summed E-state index contributed by atoms with van der Waals surface area (Å²) in [4.78, 5) is 0. The zero-order chi connectivity index (χ0) is 16.4. The molecule has 5 nitrogen and oxygen atoms in total. The summed E-state index contributed by atoms with van der Waals surface area (Å²) in [6, 6.07) is 2.14. The number of aryl methyl sites for hydroxylation is 2. The maximum Gasteiger partial charge on any atom is 0.0700 e. The fourth-order valence-electron chi connectivity index (χ4n) is 3.27. The van der Waals surface area contributed by atoms with Crippen LogP contribution in [0.1, 0.15) is 62.4 Å². The molecule has 3 rings (SSSR count). The lowest BCUT2D eigenvalue weighted by atomic mass is 9.92. The summed E-state index contributed by atoms with van der Waals surface area (Å²) in [5, 5.41) is 12.7. The predicted octanol–water partition coefficient (Wildman–Crippen LogP) is 3.04. The van der Waals surface area contributed by atoms with Gasteiger partial charge < -0.3 is 5.32 Å². The zero-order valence-electron chi connectivity index (χ0n) is 14.8. The molecule has 0 saturated heterocycles. The van der Waals surface area contributed by atoms with Crippen LogP contribution in [0, 0.1) is 5.92 Å². The topological polar surface area (TPSA) is 47.7 Å². The van der Waals surface area contributed by atoms with Crippen LogP contribution in [-0.4, -0.2) is 26.1 Å². The molecule has 1 fully saturated rings. The fraction of sp³-hybridized carbons (Fsp3) is 0.667. The molecule has 2 aromatic heterocycles. The summed E-state index contributed by atoms with van der Waals surface area (Å²) < 4.78 is 4.07. The molecule has 0 spiro atoms. The quantitative estimate of drug-likeness (QED) is 0.814. The van der Waals surface area contributed by atoms with E-state index in [0.29, 0.717) is 17.8 Å². The Balaban J connectivity index is 1.64. The van der Waals surface area contributed by atoms with Crippen molar-refractivity contribution >= 4 is 0 Å². The smallest absolute Gasteiger partial charge is 0.0700 e. The number of nitrogens with zero attached hydrogens (tertiary/aromatic N) is 4. The third kappa shape index (κ3) is 3.66. The van der Waals surface area contributed by atoms with Gasteiger partial charge in [0.05, 0.1) is 5.69 Å². The van der Waals surface area contributed by atoms with Crippen LogP contribution in [0.15, 0.2) is 18.5 Å². The standard InChI is InChI=1S/C18H29N5/c1-5-23-12-15(18(21-23)14-6-7-14)10-19-11-16(13(2)3)17-8-9-20-22(17)4/h8-9,12-14,16,19H,5-7,10-11H2,1-4H3. The number of hydrogen-bond donors (Lipinski definition) is 1. The number of rotatable bonds is 8. The first-order valence-corrected chi connectivity index (χ1v) is 8.85. The molecule has 0 amide bonds. The molecular formula is C18H29N5. The summed E-state index contributed by atoms with van der Waals surface area (Å²) in [6.45, 7) is 9.54. The van der Waals surface area contributed by atoms with E-state index in [0.717, 1.165) is 19.6 Å². The largest absolute Gasteiger partial charge is 0.312 e. The summed E-state index contributed by atoms with van der Waals surface area (Å²) >= 11 is 0. The maximum atomic E-state index is 4.75. The molecule has 1 saturated carbocycles. The van der Waals surface area contributed by atoms with E-state index in [2.05, 4.69) is 48.1 Å². The summed E-state index contributed by atoms with van der Waals surface area (Å²) in [5.74, 6) is 1.77. The van der Waals surface area contributed by atoms with Crippen LogP contribution in [0.4, 0.5) is 0 Å². The van der Waals surface area contributed by atoms with Crippen molar-refractivity contribution in [3.8, 4) is 0 Å². The first kappa shape index (κ1) is 16.2. The molecule has 2 heterocycles. The van der Waals surface area contributed by atoms with Crippen LogP contribution in [0.2, 0.25) is 0 Å². The lowest BCUT2D eigenvalue weighted by Gasteiger charge is -2.21. The van der Waals surface area contributed by atoms with E-state index in [1.807, 2.05) is 17.9 Å². The van der Waals surface area contributed by atoms with Gasteiger partial charge in [0, 0.05) is 62.2 Å². The van der Waals surface area contributed by atoms with Gasteiger partial charge in [0.25, 0.3) is 0 Å². The van der Waals surface area contributed by atoms with Gasteiger partial charge in [-0.1, -0.05) is 13.8 Å². The van der Waals surface area contributed by atoms with Crippen LogP contribution in [-0.2, 0) is 20.1 Å². The molecule has 5 heteroatoms. The van der Waals surface area contributed by atoms with Crippen molar-refractivity contribution < 1.29 is 0 Å². The Kier molecular flexibility index (Phi) is 4.85. The Morgan fingerprint density at radius 3 is 2.70 bits per heavy atom. The Morgan fingerprint density at radius 1 is 1.35 bits per heavy atom. The second kappa shape index (κ2) is 6.87. The molecule has 1 aliphatic carbocycles. The van der Waals surface area contributed by atoms with E-state index in [-0.39, 0.29) is 0 Å². The molecule has 1 atom stereocenters. The molecule has 0 bridgehead atoms. The van der Waals surface area contributed by atoms with Crippen LogP contribution in [0.3, 0.4) is 0 Å². The molecule has 1 N–H and O–H groups in total. The Morgan fingerprint density at radius 2 is 2.13 bits per heavy atom. The summed E-state index contributed by atoms with van der Waals surface area (Å²) in [6.07, 6.45) is 6.71. The van der Waals surface area contributed by atoms with Gasteiger partial charge in [-0.2, -0.15) is 10.2 Å². The number of aromatic nitrogens is 4. The second-order valence-electron chi connectivity index (χ2n) is 7.03. The zero-order valence-corrected chi connectivity index (χ0v) is 14.8. The number of nitrogens with one attached hydrogen (secondary N) is 1. The minimum Gasteiger partial charge on any atom is -0.312 e. The van der Waals surface area contributed by atoms with E-state index in [1.165, 1.54) is 29.8 Å². The van der Waals surface area contributed by atoms with Gasteiger partial charge in [0.2, 0.25) is 0 Å². The first-order valence-electron chi connectivity index (χ1n) is 8.85. The molecule has 1 unspecified atom stereocenters. The van der Waals surface area contributed by atoms with Gasteiger partial charge in [-0.25, -0.2) is 0 Å². The van der Waals surface area contributed by atoms with Gasteiger partial charge >= 0.3 is 0 Å². The van der Waals surface area contributed by atoms with E-state index in [1.54, 1.807) is 0 Å².